The molecule has 2 aromatic carbocycles. The van der Waals surface area contributed by atoms with Gasteiger partial charge in [-0.3, -0.25) is 4.79 Å². The SMILES string of the molecule is O=C(Nc1nc2c(ccc3ccccc32)s1)[C@H]1CCS(=O)(=O)C1. The maximum atomic E-state index is 12.2. The van der Waals surface area contributed by atoms with Gasteiger partial charge in [0, 0.05) is 5.39 Å². The maximum Gasteiger partial charge on any atom is 0.230 e. The van der Waals surface area contributed by atoms with E-state index in [0.29, 0.717) is 11.6 Å². The standard InChI is InChI=1S/C16H14N2O3S2/c19-15(11-7-8-23(20,21)9-11)18-16-17-14-12-4-2-1-3-10(12)5-6-13(14)22-16/h1-6,11H,7-9H2,(H,17,18,19)/t11-/m0/s1. The minimum Gasteiger partial charge on any atom is -0.302 e. The number of carbonyl (C=O) groups excluding carboxylic acids is 1. The number of hydrogen-bond donors (Lipinski definition) is 1. The van der Waals surface area contributed by atoms with E-state index < -0.39 is 15.8 Å². The summed E-state index contributed by atoms with van der Waals surface area (Å²) >= 11 is 1.41. The number of hydrogen-bond acceptors (Lipinski definition) is 5. The Balaban J connectivity index is 1.65. The van der Waals surface area contributed by atoms with Crippen molar-refractivity contribution in [1.82, 2.24) is 4.98 Å². The van der Waals surface area contributed by atoms with E-state index in [9.17, 15) is 13.2 Å². The molecule has 0 unspecified atom stereocenters. The predicted molar refractivity (Wildman–Crippen MR) is 92.5 cm³/mol. The number of rotatable bonds is 2. The Kier molecular flexibility index (Phi) is 3.35. The lowest BCUT2D eigenvalue weighted by atomic mass is 10.1. The van der Waals surface area contributed by atoms with E-state index in [1.165, 1.54) is 11.3 Å². The average molecular weight is 346 g/mol. The number of nitrogens with zero attached hydrogens (tertiary/aromatic N) is 1. The quantitative estimate of drug-likeness (QED) is 0.774. The molecule has 118 valence electrons. The fraction of sp³-hybridized carbons (Fsp3) is 0.250. The van der Waals surface area contributed by atoms with E-state index in [-0.39, 0.29) is 17.4 Å². The van der Waals surface area contributed by atoms with Crippen LogP contribution in [-0.2, 0) is 14.6 Å². The first-order valence-corrected chi connectivity index (χ1v) is 9.95. The monoisotopic (exact) mass is 346 g/mol. The van der Waals surface area contributed by atoms with Gasteiger partial charge in [-0.1, -0.05) is 41.7 Å². The first-order valence-electron chi connectivity index (χ1n) is 7.31. The molecule has 0 spiro atoms. The molecule has 1 aliphatic heterocycles. The molecule has 23 heavy (non-hydrogen) atoms. The summed E-state index contributed by atoms with van der Waals surface area (Å²) < 4.78 is 24.0. The van der Waals surface area contributed by atoms with Crippen molar-refractivity contribution in [1.29, 1.82) is 0 Å². The summed E-state index contributed by atoms with van der Waals surface area (Å²) in [7, 11) is -3.06. The fourth-order valence-corrected chi connectivity index (χ4v) is 5.55. The lowest BCUT2D eigenvalue weighted by Gasteiger charge is -2.06. The van der Waals surface area contributed by atoms with Crippen LogP contribution in [0.5, 0.6) is 0 Å². The molecular weight excluding hydrogens is 332 g/mol. The lowest BCUT2D eigenvalue weighted by Crippen LogP contribution is -2.23. The molecule has 1 aliphatic rings. The molecule has 1 N–H and O–H groups in total. The van der Waals surface area contributed by atoms with Crippen LogP contribution in [-0.4, -0.2) is 30.8 Å². The van der Waals surface area contributed by atoms with Crippen LogP contribution >= 0.6 is 11.3 Å². The molecule has 0 radical (unpaired) electrons. The first-order chi connectivity index (χ1) is 11.0. The van der Waals surface area contributed by atoms with Crippen LogP contribution in [0.3, 0.4) is 0 Å². The highest BCUT2D eigenvalue weighted by molar-refractivity contribution is 7.91. The Morgan fingerprint density at radius 2 is 2.04 bits per heavy atom. The van der Waals surface area contributed by atoms with E-state index in [4.69, 9.17) is 0 Å². The highest BCUT2D eigenvalue weighted by atomic mass is 32.2. The number of nitrogens with one attached hydrogen (secondary N) is 1. The van der Waals surface area contributed by atoms with E-state index in [2.05, 4.69) is 10.3 Å². The van der Waals surface area contributed by atoms with Crippen molar-refractivity contribution in [3.05, 3.63) is 36.4 Å². The summed E-state index contributed by atoms with van der Waals surface area (Å²) in [5, 5.41) is 5.45. The van der Waals surface area contributed by atoms with Gasteiger partial charge >= 0.3 is 0 Å². The zero-order chi connectivity index (χ0) is 16.0. The first kappa shape index (κ1) is 14.6. The third-order valence-corrected chi connectivity index (χ3v) is 6.82. The van der Waals surface area contributed by atoms with Crippen LogP contribution in [0.1, 0.15) is 6.42 Å². The third-order valence-electron chi connectivity index (χ3n) is 4.12. The van der Waals surface area contributed by atoms with Crippen molar-refractivity contribution in [2.45, 2.75) is 6.42 Å². The summed E-state index contributed by atoms with van der Waals surface area (Å²) in [5.41, 5.74) is 0.863. The lowest BCUT2D eigenvalue weighted by molar-refractivity contribution is -0.119. The van der Waals surface area contributed by atoms with E-state index in [0.717, 1.165) is 21.0 Å². The zero-order valence-electron chi connectivity index (χ0n) is 12.2. The second-order valence-corrected chi connectivity index (χ2v) is 9.00. The van der Waals surface area contributed by atoms with Gasteiger partial charge in [-0.15, -0.1) is 0 Å². The minimum absolute atomic E-state index is 0.0628. The summed E-state index contributed by atoms with van der Waals surface area (Å²) in [5.74, 6) is -0.694. The molecule has 0 bridgehead atoms. The summed E-state index contributed by atoms with van der Waals surface area (Å²) in [6, 6.07) is 12.0. The second kappa shape index (κ2) is 5.28. The van der Waals surface area contributed by atoms with Crippen molar-refractivity contribution in [3.8, 4) is 0 Å². The van der Waals surface area contributed by atoms with Gasteiger partial charge < -0.3 is 5.32 Å². The maximum absolute atomic E-state index is 12.2. The molecule has 2 heterocycles. The molecule has 5 nitrogen and oxygen atoms in total. The number of thiazole rings is 1. The Hall–Kier alpha value is -1.99. The number of sulfone groups is 1. The Labute approximate surface area is 137 Å². The summed E-state index contributed by atoms with van der Waals surface area (Å²) in [4.78, 5) is 16.8. The number of anilines is 1. The molecule has 4 rings (SSSR count). The smallest absolute Gasteiger partial charge is 0.230 e. The summed E-state index contributed by atoms with van der Waals surface area (Å²) in [6.45, 7) is 0. The molecule has 1 fully saturated rings. The van der Waals surface area contributed by atoms with Gasteiger partial charge in [0.1, 0.15) is 0 Å². The molecule has 3 aromatic rings. The number of aromatic nitrogens is 1. The van der Waals surface area contributed by atoms with Crippen molar-refractivity contribution in [3.63, 3.8) is 0 Å². The molecule has 1 saturated heterocycles. The zero-order valence-corrected chi connectivity index (χ0v) is 13.8. The van der Waals surface area contributed by atoms with Crippen molar-refractivity contribution >= 4 is 53.2 Å². The van der Waals surface area contributed by atoms with Gasteiger partial charge in [-0.25, -0.2) is 13.4 Å². The van der Waals surface area contributed by atoms with Crippen LogP contribution in [0.25, 0.3) is 21.0 Å². The highest BCUT2D eigenvalue weighted by Gasteiger charge is 2.33. The molecule has 0 aliphatic carbocycles. The van der Waals surface area contributed by atoms with Crippen LogP contribution in [0.2, 0.25) is 0 Å². The average Bonchev–Trinajstić information content (AvgIpc) is 3.10. The number of carbonyl (C=O) groups is 1. The molecule has 1 atom stereocenters. The topological polar surface area (TPSA) is 76.1 Å². The fourth-order valence-electron chi connectivity index (χ4n) is 2.92. The molecule has 1 amide bonds. The Morgan fingerprint density at radius 1 is 1.22 bits per heavy atom. The normalized spacial score (nSPS) is 20.1. The molecular formula is C16H14N2O3S2. The van der Waals surface area contributed by atoms with Gasteiger partial charge in [0.25, 0.3) is 0 Å². The Bertz CT molecular complexity index is 1020. The van der Waals surface area contributed by atoms with Crippen LogP contribution in [0.15, 0.2) is 36.4 Å². The van der Waals surface area contributed by atoms with E-state index in [1.807, 2.05) is 36.4 Å². The molecule has 0 saturated carbocycles. The number of fused-ring (bicyclic) bond motifs is 3. The third kappa shape index (κ3) is 2.70. The summed E-state index contributed by atoms with van der Waals surface area (Å²) in [6.07, 6.45) is 0.391. The largest absolute Gasteiger partial charge is 0.302 e. The van der Waals surface area contributed by atoms with Gasteiger partial charge in [0.2, 0.25) is 5.91 Å². The van der Waals surface area contributed by atoms with Gasteiger partial charge in [0.15, 0.2) is 15.0 Å². The number of amides is 1. The van der Waals surface area contributed by atoms with Crippen molar-refractivity contribution in [2.24, 2.45) is 5.92 Å². The van der Waals surface area contributed by atoms with Crippen LogP contribution in [0.4, 0.5) is 5.13 Å². The van der Waals surface area contributed by atoms with Gasteiger partial charge in [0.05, 0.1) is 27.6 Å². The minimum atomic E-state index is -3.06. The van der Waals surface area contributed by atoms with Crippen LogP contribution in [0, 0.1) is 5.92 Å². The van der Waals surface area contributed by atoms with Crippen molar-refractivity contribution < 1.29 is 13.2 Å². The van der Waals surface area contributed by atoms with Gasteiger partial charge in [-0.2, -0.15) is 0 Å². The molecule has 7 heteroatoms. The van der Waals surface area contributed by atoms with E-state index in [1.54, 1.807) is 0 Å². The highest BCUT2D eigenvalue weighted by Crippen LogP contribution is 2.32. The molecule has 1 aromatic heterocycles. The predicted octanol–water partition coefficient (Wildman–Crippen LogP) is 2.82. The Morgan fingerprint density at radius 3 is 2.83 bits per heavy atom. The van der Waals surface area contributed by atoms with Crippen LogP contribution < -0.4 is 5.32 Å². The van der Waals surface area contributed by atoms with Crippen molar-refractivity contribution in [2.75, 3.05) is 16.8 Å². The number of benzene rings is 2. The second-order valence-electron chi connectivity index (χ2n) is 5.74. The van der Waals surface area contributed by atoms with E-state index >= 15 is 0 Å². The van der Waals surface area contributed by atoms with Gasteiger partial charge in [-0.05, 0) is 17.9 Å².